The van der Waals surface area contributed by atoms with Crippen LogP contribution in [0.1, 0.15) is 20.7 Å². The zero-order chi connectivity index (χ0) is 28.2. The number of imide groups is 1. The summed E-state index contributed by atoms with van der Waals surface area (Å²) in [6, 6.07) is 19.2. The number of Topliss-reactive ketones (excluding diaryl/α,β-unsaturated/α-hetero) is 2. The monoisotopic (exact) mass is 610 g/mol. The first-order chi connectivity index (χ1) is 19.9. The third kappa shape index (κ3) is 4.11. The number of rotatable bonds is 5. The van der Waals surface area contributed by atoms with Crippen LogP contribution in [0.4, 0.5) is 5.69 Å². The molecule has 0 N–H and O–H groups in total. The van der Waals surface area contributed by atoms with E-state index < -0.39 is 35.7 Å². The van der Waals surface area contributed by atoms with Crippen LogP contribution in [0.3, 0.4) is 0 Å². The minimum absolute atomic E-state index is 0.193. The Balaban J connectivity index is 1.30. The molecule has 0 radical (unpaired) electrons. The number of allylic oxidation sites excluding steroid dienone is 2. The normalized spacial score (nSPS) is 24.2. The van der Waals surface area contributed by atoms with Gasteiger partial charge in [0, 0.05) is 33.4 Å². The Bertz CT molecular complexity index is 1670. The molecule has 4 aliphatic rings. The summed E-state index contributed by atoms with van der Waals surface area (Å²) in [6.45, 7) is 0.777. The molecule has 0 unspecified atom stereocenters. The van der Waals surface area contributed by atoms with Crippen LogP contribution in [0, 0.1) is 11.8 Å². The third-order valence-electron chi connectivity index (χ3n) is 8.03. The van der Waals surface area contributed by atoms with Crippen molar-refractivity contribution in [3.05, 3.63) is 112 Å². The van der Waals surface area contributed by atoms with Gasteiger partial charge in [-0.2, -0.15) is 0 Å². The van der Waals surface area contributed by atoms with Crippen molar-refractivity contribution in [3.63, 3.8) is 0 Å². The number of carbonyl (C=O) groups excluding carboxylic acids is 4. The van der Waals surface area contributed by atoms with Crippen LogP contribution < -0.4 is 14.4 Å². The number of amides is 2. The smallest absolute Gasteiger partial charge is 0.240 e. The molecule has 4 heterocycles. The molecule has 0 aromatic heterocycles. The van der Waals surface area contributed by atoms with Gasteiger partial charge >= 0.3 is 0 Å². The second-order valence-corrected chi connectivity index (χ2v) is 11.2. The summed E-state index contributed by atoms with van der Waals surface area (Å²) < 4.78 is 12.1. The highest BCUT2D eigenvalue weighted by Gasteiger charge is 2.63. The summed E-state index contributed by atoms with van der Waals surface area (Å²) in [7, 11) is 0. The molecule has 0 saturated carbocycles. The quantitative estimate of drug-likeness (QED) is 0.308. The maximum atomic E-state index is 14.1. The Hall–Kier alpha value is -4.50. The zero-order valence-electron chi connectivity index (χ0n) is 21.6. The van der Waals surface area contributed by atoms with E-state index in [0.29, 0.717) is 47.1 Å². The number of halogens is 1. The van der Waals surface area contributed by atoms with Crippen LogP contribution in [0.5, 0.6) is 11.5 Å². The van der Waals surface area contributed by atoms with Gasteiger partial charge in [0.05, 0.1) is 23.6 Å². The summed E-state index contributed by atoms with van der Waals surface area (Å²) >= 11 is 3.40. The van der Waals surface area contributed by atoms with E-state index in [2.05, 4.69) is 15.9 Å². The van der Waals surface area contributed by atoms with Crippen molar-refractivity contribution in [1.29, 1.82) is 0 Å². The van der Waals surface area contributed by atoms with Gasteiger partial charge in [0.25, 0.3) is 0 Å². The molecular weight excluding hydrogens is 588 g/mol. The SMILES string of the molecule is O=C(C1=C[C@@H]2[C@@H]3C(=O)N(c4ccc5c(c4)OCCO5)C(=O)[C@H]3[C@H](C(=O)c3ccc(Br)cc3)N2C=C1)c1ccccc1. The van der Waals surface area contributed by atoms with E-state index in [1.165, 1.54) is 0 Å². The van der Waals surface area contributed by atoms with Gasteiger partial charge in [0.1, 0.15) is 19.3 Å². The zero-order valence-corrected chi connectivity index (χ0v) is 23.2. The number of anilines is 1. The summed E-state index contributed by atoms with van der Waals surface area (Å²) in [4.78, 5) is 58.4. The number of hydrogen-bond donors (Lipinski definition) is 0. The standard InChI is InChI=1S/C32H23BrN2O6/c33-21-8-6-19(7-9-21)30(37)28-27-26(23-16-20(12-13-34(23)28)29(36)18-4-2-1-3-5-18)31(38)35(32(27)39)22-10-11-24-25(17-22)41-15-14-40-24/h1-13,16-17,23,26-28H,14-15H2/t23-,26+,27-,28-/m1/s1. The first-order valence-electron chi connectivity index (χ1n) is 13.3. The second kappa shape index (κ2) is 9.85. The topological polar surface area (TPSA) is 93.2 Å². The predicted molar refractivity (Wildman–Crippen MR) is 153 cm³/mol. The van der Waals surface area contributed by atoms with Gasteiger partial charge in [-0.25, -0.2) is 4.90 Å². The molecule has 3 aromatic rings. The van der Waals surface area contributed by atoms with Gasteiger partial charge < -0.3 is 14.4 Å². The van der Waals surface area contributed by atoms with Crippen LogP contribution >= 0.6 is 15.9 Å². The van der Waals surface area contributed by atoms with Gasteiger partial charge in [-0.15, -0.1) is 0 Å². The Labute approximate surface area is 244 Å². The van der Waals surface area contributed by atoms with Crippen molar-refractivity contribution in [2.75, 3.05) is 18.1 Å². The molecule has 4 aliphatic heterocycles. The number of nitrogens with zero attached hydrogens (tertiary/aromatic N) is 2. The van der Waals surface area contributed by atoms with E-state index in [-0.39, 0.29) is 11.6 Å². The Kier molecular flexibility index (Phi) is 6.12. The largest absolute Gasteiger partial charge is 0.486 e. The highest BCUT2D eigenvalue weighted by Crippen LogP contribution is 2.48. The summed E-state index contributed by atoms with van der Waals surface area (Å²) in [5, 5.41) is 0. The lowest BCUT2D eigenvalue weighted by Gasteiger charge is -2.33. The summed E-state index contributed by atoms with van der Waals surface area (Å²) in [5.41, 5.74) is 1.71. The fourth-order valence-corrected chi connectivity index (χ4v) is 6.43. The number of hydrogen-bond acceptors (Lipinski definition) is 7. The van der Waals surface area contributed by atoms with Crippen molar-refractivity contribution in [2.45, 2.75) is 12.1 Å². The van der Waals surface area contributed by atoms with Gasteiger partial charge in [-0.1, -0.05) is 64.5 Å². The summed E-state index contributed by atoms with van der Waals surface area (Å²) in [6.07, 6.45) is 5.05. The summed E-state index contributed by atoms with van der Waals surface area (Å²) in [5.74, 6) is -2.15. The van der Waals surface area contributed by atoms with Gasteiger partial charge in [-0.3, -0.25) is 19.2 Å². The molecule has 2 saturated heterocycles. The maximum absolute atomic E-state index is 14.1. The second-order valence-electron chi connectivity index (χ2n) is 10.3. The Morgan fingerprint density at radius 2 is 1.51 bits per heavy atom. The average molecular weight is 611 g/mol. The van der Waals surface area contributed by atoms with Crippen LogP contribution in [0.2, 0.25) is 0 Å². The minimum Gasteiger partial charge on any atom is -0.486 e. The van der Waals surface area contributed by atoms with Crippen molar-refractivity contribution in [2.24, 2.45) is 11.8 Å². The first-order valence-corrected chi connectivity index (χ1v) is 14.1. The molecule has 2 amide bonds. The molecule has 4 atom stereocenters. The van der Waals surface area contributed by atoms with E-state index in [0.717, 1.165) is 9.37 Å². The van der Waals surface area contributed by atoms with Crippen LogP contribution in [-0.4, -0.2) is 53.6 Å². The molecule has 9 heteroatoms. The predicted octanol–water partition coefficient (Wildman–Crippen LogP) is 4.60. The third-order valence-corrected chi connectivity index (χ3v) is 8.56. The molecule has 3 aromatic carbocycles. The van der Waals surface area contributed by atoms with Gasteiger partial charge in [-0.05, 0) is 30.3 Å². The van der Waals surface area contributed by atoms with Crippen molar-refractivity contribution < 1.29 is 28.7 Å². The number of benzene rings is 3. The number of ketones is 2. The van der Waals surface area contributed by atoms with E-state index >= 15 is 0 Å². The van der Waals surface area contributed by atoms with Crippen LogP contribution in [0.15, 0.2) is 101 Å². The van der Waals surface area contributed by atoms with E-state index in [4.69, 9.17) is 9.47 Å². The van der Waals surface area contributed by atoms with E-state index in [9.17, 15) is 19.2 Å². The van der Waals surface area contributed by atoms with Crippen LogP contribution in [0.25, 0.3) is 0 Å². The molecule has 8 nitrogen and oxygen atoms in total. The van der Waals surface area contributed by atoms with Gasteiger partial charge in [0.15, 0.2) is 23.1 Å². The molecule has 0 bridgehead atoms. The van der Waals surface area contributed by atoms with Crippen molar-refractivity contribution >= 4 is 45.0 Å². The molecule has 204 valence electrons. The van der Waals surface area contributed by atoms with Crippen molar-refractivity contribution in [3.8, 4) is 11.5 Å². The number of carbonyl (C=O) groups is 4. The fraction of sp³-hybridized carbons (Fsp3) is 0.188. The molecular formula is C32H23BrN2O6. The van der Waals surface area contributed by atoms with E-state index in [1.54, 1.807) is 90.0 Å². The molecule has 2 fully saturated rings. The highest BCUT2D eigenvalue weighted by molar-refractivity contribution is 9.10. The Morgan fingerprint density at radius 1 is 0.805 bits per heavy atom. The lowest BCUT2D eigenvalue weighted by atomic mass is 9.85. The molecule has 0 aliphatic carbocycles. The van der Waals surface area contributed by atoms with Gasteiger partial charge in [0.2, 0.25) is 11.8 Å². The minimum atomic E-state index is -0.941. The van der Waals surface area contributed by atoms with E-state index in [1.807, 2.05) is 6.07 Å². The lowest BCUT2D eigenvalue weighted by molar-refractivity contribution is -0.123. The first kappa shape index (κ1) is 25.5. The molecule has 7 rings (SSSR count). The van der Waals surface area contributed by atoms with Crippen LogP contribution in [-0.2, 0) is 9.59 Å². The number of ether oxygens (including phenoxy) is 2. The molecule has 41 heavy (non-hydrogen) atoms. The molecule has 0 spiro atoms. The maximum Gasteiger partial charge on any atom is 0.240 e. The number of fused-ring (bicyclic) bond motifs is 4. The Morgan fingerprint density at radius 3 is 2.27 bits per heavy atom. The average Bonchev–Trinajstić information content (AvgIpc) is 3.48. The lowest BCUT2D eigenvalue weighted by Crippen LogP contribution is -2.46. The fourth-order valence-electron chi connectivity index (χ4n) is 6.16. The van der Waals surface area contributed by atoms with Crippen molar-refractivity contribution in [1.82, 2.24) is 4.90 Å². The highest BCUT2D eigenvalue weighted by atomic mass is 79.9.